The van der Waals surface area contributed by atoms with Crippen molar-refractivity contribution in [3.05, 3.63) is 77.7 Å². The Morgan fingerprint density at radius 2 is 2.00 bits per heavy atom. The third-order valence-electron chi connectivity index (χ3n) is 5.85. The van der Waals surface area contributed by atoms with Crippen LogP contribution in [0.5, 0.6) is 5.88 Å². The summed E-state index contributed by atoms with van der Waals surface area (Å²) >= 11 is 0. The average molecular weight is 427 g/mol. The Balaban J connectivity index is 1.58. The Kier molecular flexibility index (Phi) is 6.46. The van der Waals surface area contributed by atoms with Gasteiger partial charge in [0.05, 0.1) is 11.6 Å². The number of likely N-dealkylation sites (tertiary alicyclic amines) is 1. The van der Waals surface area contributed by atoms with Gasteiger partial charge in [0, 0.05) is 30.1 Å². The third-order valence-corrected chi connectivity index (χ3v) is 5.85. The Morgan fingerprint density at radius 3 is 2.72 bits per heavy atom. The van der Waals surface area contributed by atoms with Crippen molar-refractivity contribution >= 4 is 5.91 Å². The van der Waals surface area contributed by atoms with Crippen LogP contribution >= 0.6 is 0 Å². The van der Waals surface area contributed by atoms with Crippen molar-refractivity contribution in [1.29, 1.82) is 5.26 Å². The number of hydrogen-bond acceptors (Lipinski definition) is 5. The molecule has 4 rings (SSSR count). The number of aryl methyl sites for hydroxylation is 1. The van der Waals surface area contributed by atoms with Gasteiger partial charge in [-0.2, -0.15) is 5.26 Å². The average Bonchev–Trinajstić information content (AvgIpc) is 2.83. The van der Waals surface area contributed by atoms with Gasteiger partial charge in [-0.3, -0.25) is 4.79 Å². The van der Waals surface area contributed by atoms with Crippen LogP contribution in [0.1, 0.15) is 41.5 Å². The van der Waals surface area contributed by atoms with Crippen molar-refractivity contribution in [3.63, 3.8) is 0 Å². The Bertz CT molecular complexity index is 1120. The Hall–Kier alpha value is -3.72. The molecule has 0 spiro atoms. The number of nitriles is 1. The molecular formula is C26H26N4O2. The van der Waals surface area contributed by atoms with Crippen molar-refractivity contribution in [2.45, 2.75) is 32.7 Å². The smallest absolute Gasteiger partial charge is 0.273 e. The third kappa shape index (κ3) is 4.78. The molecule has 6 nitrogen and oxygen atoms in total. The molecular weight excluding hydrogens is 400 g/mol. The van der Waals surface area contributed by atoms with Gasteiger partial charge in [-0.25, -0.2) is 9.97 Å². The molecule has 162 valence electrons. The van der Waals surface area contributed by atoms with E-state index >= 15 is 0 Å². The first-order valence-electron chi connectivity index (χ1n) is 10.9. The van der Waals surface area contributed by atoms with Gasteiger partial charge in [-0.1, -0.05) is 43.3 Å². The lowest BCUT2D eigenvalue weighted by Gasteiger charge is -2.38. The van der Waals surface area contributed by atoms with E-state index in [1.807, 2.05) is 54.3 Å². The highest BCUT2D eigenvalue weighted by Crippen LogP contribution is 2.28. The molecule has 2 aromatic heterocycles. The standard InChI is InChI=1S/C26H26N4O2/c1-18-12-13-30(22(14-18)17-32-24-11-9-20(15-27)16-28-24)26(31)25-23(10-8-19(2)29-25)21-6-4-3-5-7-21/h3-11,16,18,22H,12-14,17H2,1-2H3/t18-,22?/m0/s1. The van der Waals surface area contributed by atoms with Gasteiger partial charge in [0.2, 0.25) is 5.88 Å². The maximum atomic E-state index is 13.7. The summed E-state index contributed by atoms with van der Waals surface area (Å²) in [5, 5.41) is 8.94. The summed E-state index contributed by atoms with van der Waals surface area (Å²) in [4.78, 5) is 24.4. The molecule has 6 heteroatoms. The molecule has 1 aliphatic rings. The quantitative estimate of drug-likeness (QED) is 0.594. The first kappa shape index (κ1) is 21.5. The summed E-state index contributed by atoms with van der Waals surface area (Å²) in [5.74, 6) is 0.884. The fraction of sp³-hybridized carbons (Fsp3) is 0.308. The number of benzene rings is 1. The lowest BCUT2D eigenvalue weighted by Crippen LogP contribution is -2.49. The Labute approximate surface area is 188 Å². The van der Waals surface area contributed by atoms with Crippen LogP contribution in [0, 0.1) is 24.2 Å². The van der Waals surface area contributed by atoms with E-state index in [2.05, 4.69) is 23.0 Å². The van der Waals surface area contributed by atoms with Crippen molar-refractivity contribution in [2.24, 2.45) is 5.92 Å². The lowest BCUT2D eigenvalue weighted by atomic mass is 9.92. The van der Waals surface area contributed by atoms with Crippen LogP contribution < -0.4 is 4.74 Å². The summed E-state index contributed by atoms with van der Waals surface area (Å²) in [6.45, 7) is 5.12. The molecule has 0 bridgehead atoms. The van der Waals surface area contributed by atoms with Gasteiger partial charge in [-0.05, 0) is 43.4 Å². The van der Waals surface area contributed by atoms with Gasteiger partial charge < -0.3 is 9.64 Å². The van der Waals surface area contributed by atoms with E-state index in [1.165, 1.54) is 6.20 Å². The van der Waals surface area contributed by atoms with Crippen LogP contribution in [0.4, 0.5) is 0 Å². The largest absolute Gasteiger partial charge is 0.475 e. The summed E-state index contributed by atoms with van der Waals surface area (Å²) < 4.78 is 5.91. The maximum absolute atomic E-state index is 13.7. The number of carbonyl (C=O) groups is 1. The molecule has 0 N–H and O–H groups in total. The second kappa shape index (κ2) is 9.61. The predicted molar refractivity (Wildman–Crippen MR) is 122 cm³/mol. The first-order chi connectivity index (χ1) is 15.5. The molecule has 3 aromatic rings. The van der Waals surface area contributed by atoms with Gasteiger partial charge in [0.1, 0.15) is 18.4 Å². The number of amides is 1. The zero-order valence-corrected chi connectivity index (χ0v) is 18.4. The molecule has 1 saturated heterocycles. The minimum Gasteiger partial charge on any atom is -0.475 e. The number of rotatable bonds is 5. The van der Waals surface area contributed by atoms with Gasteiger partial charge in [-0.15, -0.1) is 0 Å². The van der Waals surface area contributed by atoms with Crippen LogP contribution in [0.3, 0.4) is 0 Å². The first-order valence-corrected chi connectivity index (χ1v) is 10.9. The summed E-state index contributed by atoms with van der Waals surface area (Å²) in [7, 11) is 0. The number of piperidine rings is 1. The van der Waals surface area contributed by atoms with E-state index < -0.39 is 0 Å². The van der Waals surface area contributed by atoms with E-state index in [4.69, 9.17) is 10.00 Å². The molecule has 1 fully saturated rings. The highest BCUT2D eigenvalue weighted by molar-refractivity contribution is 5.99. The van der Waals surface area contributed by atoms with E-state index in [1.54, 1.807) is 12.1 Å². The monoisotopic (exact) mass is 426 g/mol. The van der Waals surface area contributed by atoms with Crippen LogP contribution in [-0.2, 0) is 0 Å². The number of aromatic nitrogens is 2. The number of ether oxygens (including phenoxy) is 1. The van der Waals surface area contributed by atoms with Crippen LogP contribution in [0.2, 0.25) is 0 Å². The van der Waals surface area contributed by atoms with Gasteiger partial charge in [0.15, 0.2) is 0 Å². The van der Waals surface area contributed by atoms with E-state index in [-0.39, 0.29) is 11.9 Å². The minimum atomic E-state index is -0.0744. The maximum Gasteiger partial charge on any atom is 0.273 e. The predicted octanol–water partition coefficient (Wildman–Crippen LogP) is 4.64. The highest BCUT2D eigenvalue weighted by atomic mass is 16.5. The molecule has 0 aliphatic carbocycles. The second-order valence-corrected chi connectivity index (χ2v) is 8.30. The molecule has 1 aromatic carbocycles. The fourth-order valence-electron chi connectivity index (χ4n) is 4.10. The molecule has 1 amide bonds. The SMILES string of the molecule is Cc1ccc(-c2ccccc2)c(C(=O)N2CC[C@H](C)CC2COc2ccc(C#N)cn2)n1. The van der Waals surface area contributed by atoms with Crippen molar-refractivity contribution in [2.75, 3.05) is 13.2 Å². The van der Waals surface area contributed by atoms with Crippen LogP contribution in [0.15, 0.2) is 60.8 Å². The zero-order chi connectivity index (χ0) is 22.5. The second-order valence-electron chi connectivity index (χ2n) is 8.30. The molecule has 1 unspecified atom stereocenters. The van der Waals surface area contributed by atoms with Crippen molar-refractivity contribution in [3.8, 4) is 23.1 Å². The zero-order valence-electron chi connectivity index (χ0n) is 18.4. The summed E-state index contributed by atoms with van der Waals surface area (Å²) in [5.41, 5.74) is 3.59. The summed E-state index contributed by atoms with van der Waals surface area (Å²) in [6.07, 6.45) is 3.29. The topological polar surface area (TPSA) is 79.1 Å². The molecule has 3 heterocycles. The van der Waals surface area contributed by atoms with Crippen LogP contribution in [-0.4, -0.2) is 40.0 Å². The number of hydrogen-bond donors (Lipinski definition) is 0. The number of nitrogens with zero attached hydrogens (tertiary/aromatic N) is 4. The van der Waals surface area contributed by atoms with E-state index in [0.29, 0.717) is 36.2 Å². The van der Waals surface area contributed by atoms with Gasteiger partial charge in [0.25, 0.3) is 5.91 Å². The van der Waals surface area contributed by atoms with Crippen molar-refractivity contribution in [1.82, 2.24) is 14.9 Å². The molecule has 32 heavy (non-hydrogen) atoms. The summed E-state index contributed by atoms with van der Waals surface area (Å²) in [6, 6.07) is 19.1. The number of pyridine rings is 2. The number of carbonyl (C=O) groups excluding carboxylic acids is 1. The molecule has 0 radical (unpaired) electrons. The fourth-order valence-corrected chi connectivity index (χ4v) is 4.10. The van der Waals surface area contributed by atoms with Gasteiger partial charge >= 0.3 is 0 Å². The minimum absolute atomic E-state index is 0.0687. The molecule has 0 saturated carbocycles. The Morgan fingerprint density at radius 1 is 1.19 bits per heavy atom. The van der Waals surface area contributed by atoms with E-state index in [0.717, 1.165) is 29.7 Å². The normalized spacial score (nSPS) is 18.1. The van der Waals surface area contributed by atoms with E-state index in [9.17, 15) is 4.79 Å². The molecule has 2 atom stereocenters. The highest BCUT2D eigenvalue weighted by Gasteiger charge is 2.33. The van der Waals surface area contributed by atoms with Crippen LogP contribution in [0.25, 0.3) is 11.1 Å². The lowest BCUT2D eigenvalue weighted by molar-refractivity contribution is 0.0450. The van der Waals surface area contributed by atoms with Crippen molar-refractivity contribution < 1.29 is 9.53 Å². The molecule has 1 aliphatic heterocycles.